The number of benzene rings is 2. The van der Waals surface area contributed by atoms with Gasteiger partial charge >= 0.3 is 12.1 Å². The van der Waals surface area contributed by atoms with Gasteiger partial charge in [-0.05, 0) is 48.8 Å². The molecular formula is C36H47F3N4O4. The fourth-order valence-corrected chi connectivity index (χ4v) is 6.74. The lowest BCUT2D eigenvalue weighted by molar-refractivity contribution is -0.146. The molecule has 0 bridgehead atoms. The second-order valence-electron chi connectivity index (χ2n) is 15.4. The molecule has 2 N–H and O–H groups in total. The number of halogens is 3. The van der Waals surface area contributed by atoms with Crippen LogP contribution in [0.25, 0.3) is 0 Å². The summed E-state index contributed by atoms with van der Waals surface area (Å²) >= 11 is 0. The zero-order valence-corrected chi connectivity index (χ0v) is 28.9. The molecule has 8 nitrogen and oxygen atoms in total. The molecule has 47 heavy (non-hydrogen) atoms. The largest absolute Gasteiger partial charge is 0.496 e. The second-order valence-corrected chi connectivity index (χ2v) is 15.4. The lowest BCUT2D eigenvalue weighted by Gasteiger charge is -2.35. The van der Waals surface area contributed by atoms with Crippen molar-refractivity contribution < 1.29 is 32.6 Å². The molecule has 256 valence electrons. The van der Waals surface area contributed by atoms with Gasteiger partial charge in [0.05, 0.1) is 30.5 Å². The average Bonchev–Trinajstić information content (AvgIpc) is 3.56. The van der Waals surface area contributed by atoms with Crippen LogP contribution in [0.5, 0.6) is 5.75 Å². The van der Waals surface area contributed by atoms with Crippen LogP contribution in [0, 0.1) is 11.3 Å². The summed E-state index contributed by atoms with van der Waals surface area (Å²) in [6.07, 6.45) is -4.02. The van der Waals surface area contributed by atoms with Gasteiger partial charge < -0.3 is 20.1 Å². The Labute approximate surface area is 275 Å². The van der Waals surface area contributed by atoms with E-state index >= 15 is 0 Å². The Hall–Kier alpha value is -3.86. The Kier molecular flexibility index (Phi) is 9.67. The first-order valence-corrected chi connectivity index (χ1v) is 15.8. The highest BCUT2D eigenvalue weighted by Gasteiger charge is 2.59. The van der Waals surface area contributed by atoms with Gasteiger partial charge in [0.1, 0.15) is 11.8 Å². The fraction of sp³-hybridized carbons (Fsp3) is 0.528. The Morgan fingerprint density at radius 1 is 0.957 bits per heavy atom. The van der Waals surface area contributed by atoms with Crippen LogP contribution in [0.1, 0.15) is 101 Å². The van der Waals surface area contributed by atoms with Crippen molar-refractivity contribution >= 4 is 11.9 Å². The number of carbonyl (C=O) groups is 2. The van der Waals surface area contributed by atoms with Crippen molar-refractivity contribution in [2.75, 3.05) is 7.11 Å². The molecule has 2 heterocycles. The van der Waals surface area contributed by atoms with E-state index < -0.39 is 64.3 Å². The SMILES string of the molecule is COc1ccc(C(C)(C)C)cc1CN[C@H]1[C@H](C(C)(C)C)[C@@H](C(=O)O)N(C(=O)c2cnn(C(C)(C)C)c2C(F)(F)F)[C@H]1c1ccccc1. The number of hydrogen-bond acceptors (Lipinski definition) is 5. The van der Waals surface area contributed by atoms with Crippen LogP contribution in [-0.2, 0) is 28.5 Å². The van der Waals surface area contributed by atoms with E-state index in [0.717, 1.165) is 26.9 Å². The van der Waals surface area contributed by atoms with E-state index in [9.17, 15) is 27.9 Å². The second kappa shape index (κ2) is 12.6. The van der Waals surface area contributed by atoms with E-state index in [4.69, 9.17) is 4.74 Å². The van der Waals surface area contributed by atoms with Crippen LogP contribution >= 0.6 is 0 Å². The maximum absolute atomic E-state index is 14.7. The number of methoxy groups -OCH3 is 1. The first-order chi connectivity index (χ1) is 21.6. The van der Waals surface area contributed by atoms with Gasteiger partial charge in [-0.2, -0.15) is 18.3 Å². The molecule has 0 saturated carbocycles. The predicted molar refractivity (Wildman–Crippen MR) is 174 cm³/mol. The number of carbonyl (C=O) groups excluding carboxylic acids is 1. The van der Waals surface area contributed by atoms with Crippen molar-refractivity contribution in [1.29, 1.82) is 0 Å². The average molecular weight is 657 g/mol. The van der Waals surface area contributed by atoms with E-state index in [1.54, 1.807) is 58.2 Å². The van der Waals surface area contributed by atoms with E-state index in [-0.39, 0.29) is 12.0 Å². The molecule has 1 fully saturated rings. The number of aliphatic carboxylic acids is 1. The first-order valence-electron chi connectivity index (χ1n) is 15.8. The number of nitrogens with zero attached hydrogens (tertiary/aromatic N) is 3. The minimum absolute atomic E-state index is 0.153. The third-order valence-corrected chi connectivity index (χ3v) is 8.87. The molecule has 0 unspecified atom stereocenters. The summed E-state index contributed by atoms with van der Waals surface area (Å²) in [6.45, 7) is 16.9. The molecule has 0 aliphatic carbocycles. The topological polar surface area (TPSA) is 96.7 Å². The number of nitrogens with one attached hydrogen (secondary N) is 1. The van der Waals surface area contributed by atoms with E-state index in [1.165, 1.54) is 0 Å². The molecule has 0 spiro atoms. The Morgan fingerprint density at radius 2 is 1.57 bits per heavy atom. The van der Waals surface area contributed by atoms with Crippen LogP contribution < -0.4 is 10.1 Å². The predicted octanol–water partition coefficient (Wildman–Crippen LogP) is 7.43. The first kappa shape index (κ1) is 36.0. The van der Waals surface area contributed by atoms with Gasteiger partial charge in [-0.25, -0.2) is 4.79 Å². The molecule has 1 saturated heterocycles. The number of aromatic nitrogens is 2. The molecule has 1 aromatic heterocycles. The fourth-order valence-electron chi connectivity index (χ4n) is 6.74. The van der Waals surface area contributed by atoms with Gasteiger partial charge in [-0.15, -0.1) is 0 Å². The van der Waals surface area contributed by atoms with Crippen molar-refractivity contribution in [1.82, 2.24) is 20.0 Å². The van der Waals surface area contributed by atoms with E-state index in [1.807, 2.05) is 39.0 Å². The lowest BCUT2D eigenvalue weighted by atomic mass is 9.72. The van der Waals surface area contributed by atoms with Crippen molar-refractivity contribution in [2.24, 2.45) is 11.3 Å². The van der Waals surface area contributed by atoms with Crippen molar-refractivity contribution in [3.63, 3.8) is 0 Å². The quantitative estimate of drug-likeness (QED) is 0.275. The highest BCUT2D eigenvalue weighted by Crippen LogP contribution is 2.49. The molecule has 1 aliphatic rings. The van der Waals surface area contributed by atoms with Crippen molar-refractivity contribution in [3.05, 3.63) is 82.7 Å². The molecular weight excluding hydrogens is 609 g/mol. The van der Waals surface area contributed by atoms with E-state index in [0.29, 0.717) is 11.3 Å². The minimum Gasteiger partial charge on any atom is -0.496 e. The van der Waals surface area contributed by atoms with Gasteiger partial charge in [-0.3, -0.25) is 9.48 Å². The number of rotatable bonds is 7. The summed E-state index contributed by atoms with van der Waals surface area (Å²) in [4.78, 5) is 28.9. The number of carboxylic acids is 1. The molecule has 4 rings (SSSR count). The summed E-state index contributed by atoms with van der Waals surface area (Å²) in [5, 5.41) is 18.3. The Bertz CT molecular complexity index is 1600. The number of likely N-dealkylation sites (tertiary alicyclic amines) is 1. The minimum atomic E-state index is -4.93. The number of carboxylic acid groups (broad SMARTS) is 1. The summed E-state index contributed by atoms with van der Waals surface area (Å²) in [6, 6.07) is 11.8. The van der Waals surface area contributed by atoms with Gasteiger partial charge in [-0.1, -0.05) is 84.0 Å². The molecule has 11 heteroatoms. The van der Waals surface area contributed by atoms with Gasteiger partial charge in [0, 0.05) is 24.1 Å². The van der Waals surface area contributed by atoms with Crippen LogP contribution in [-0.4, -0.2) is 50.9 Å². The molecule has 0 radical (unpaired) electrons. The van der Waals surface area contributed by atoms with Crippen molar-refractivity contribution in [2.45, 2.75) is 104 Å². The number of amides is 1. The smallest absolute Gasteiger partial charge is 0.433 e. The van der Waals surface area contributed by atoms with Gasteiger partial charge in [0.2, 0.25) is 0 Å². The Balaban J connectivity index is 1.93. The molecule has 4 atom stereocenters. The number of ether oxygens (including phenoxy) is 1. The lowest BCUT2D eigenvalue weighted by Crippen LogP contribution is -2.48. The maximum atomic E-state index is 14.7. The highest BCUT2D eigenvalue weighted by molar-refractivity contribution is 5.98. The molecule has 1 amide bonds. The summed E-state index contributed by atoms with van der Waals surface area (Å²) in [5.74, 6) is -2.41. The molecule has 2 aromatic carbocycles. The van der Waals surface area contributed by atoms with Crippen LogP contribution in [0.3, 0.4) is 0 Å². The zero-order valence-electron chi connectivity index (χ0n) is 28.9. The van der Waals surface area contributed by atoms with Crippen LogP contribution in [0.4, 0.5) is 13.2 Å². The van der Waals surface area contributed by atoms with Gasteiger partial charge in [0.15, 0.2) is 5.69 Å². The summed E-state index contributed by atoms with van der Waals surface area (Å²) in [5.41, 5.74) is -1.33. The molecule has 1 aliphatic heterocycles. The van der Waals surface area contributed by atoms with Crippen molar-refractivity contribution in [3.8, 4) is 5.75 Å². The van der Waals surface area contributed by atoms with Crippen LogP contribution in [0.2, 0.25) is 0 Å². The number of hydrogen-bond donors (Lipinski definition) is 2. The third kappa shape index (κ3) is 7.20. The third-order valence-electron chi connectivity index (χ3n) is 8.87. The standard InChI is InChI=1S/C36H47F3N4O4/c1-33(2,3)23-16-17-25(47-10)22(18-23)19-40-27-26(34(4,5)6)29(32(45)46)42(28(27)21-14-12-11-13-15-21)31(44)24-20-41-43(35(7,8)9)30(24)36(37,38)39/h11-18,20,26-29,40H,19H2,1-10H3,(H,45,46)/t26-,27-,28-,29-/m0/s1. The summed E-state index contributed by atoms with van der Waals surface area (Å²) in [7, 11) is 1.58. The summed E-state index contributed by atoms with van der Waals surface area (Å²) < 4.78 is 50.4. The Morgan fingerprint density at radius 3 is 2.06 bits per heavy atom. The normalized spacial score (nSPS) is 20.8. The highest BCUT2D eigenvalue weighted by atomic mass is 19.4. The van der Waals surface area contributed by atoms with Gasteiger partial charge in [0.25, 0.3) is 5.91 Å². The molecule has 3 aromatic rings. The zero-order chi connectivity index (χ0) is 35.3. The monoisotopic (exact) mass is 656 g/mol. The van der Waals surface area contributed by atoms with E-state index in [2.05, 4.69) is 31.2 Å². The van der Waals surface area contributed by atoms with Crippen LogP contribution in [0.15, 0.2) is 54.7 Å². The number of alkyl halides is 3. The maximum Gasteiger partial charge on any atom is 0.433 e.